The Morgan fingerprint density at radius 1 is 0.531 bits per heavy atom. The molecule has 0 N–H and O–H groups in total. The molecule has 2 rings (SSSR count). The summed E-state index contributed by atoms with van der Waals surface area (Å²) in [5.74, 6) is 1.89. The van der Waals surface area contributed by atoms with Crippen molar-refractivity contribution in [1.82, 2.24) is 0 Å². The number of hydrogen-bond acceptors (Lipinski definition) is 2. The van der Waals surface area contributed by atoms with Crippen LogP contribution in [0.4, 0.5) is 5.69 Å². The molecule has 0 aliphatic heterocycles. The Morgan fingerprint density at radius 2 is 1.00 bits per heavy atom. The van der Waals surface area contributed by atoms with Gasteiger partial charge in [0.25, 0.3) is 0 Å². The highest BCUT2D eigenvalue weighted by molar-refractivity contribution is 5.59. The summed E-state index contributed by atoms with van der Waals surface area (Å²) in [5.41, 5.74) is 1.24. The quantitative estimate of drug-likeness (QED) is 0.203. The summed E-state index contributed by atoms with van der Waals surface area (Å²) in [6.45, 7) is 6.82. The third-order valence-corrected chi connectivity index (χ3v) is 6.24. The molecule has 0 aliphatic rings. The van der Waals surface area contributed by atoms with Gasteiger partial charge in [0.2, 0.25) is 0 Å². The maximum atomic E-state index is 6.29. The second-order valence-electron chi connectivity index (χ2n) is 9.11. The number of unbranched alkanes of at least 4 members (excludes halogenated alkanes) is 12. The van der Waals surface area contributed by atoms with Gasteiger partial charge >= 0.3 is 0 Å². The minimum atomic E-state index is 0.909. The van der Waals surface area contributed by atoms with Gasteiger partial charge in [-0.1, -0.05) is 121 Å². The van der Waals surface area contributed by atoms with Crippen molar-refractivity contribution in [3.63, 3.8) is 0 Å². The summed E-state index contributed by atoms with van der Waals surface area (Å²) >= 11 is 0. The van der Waals surface area contributed by atoms with E-state index in [1.807, 2.05) is 30.3 Å². The Kier molecular flexibility index (Phi) is 14.4. The molecule has 0 heterocycles. The van der Waals surface area contributed by atoms with E-state index in [1.54, 1.807) is 0 Å². The largest absolute Gasteiger partial charge is 0.455 e. The van der Waals surface area contributed by atoms with Gasteiger partial charge in [-0.05, 0) is 37.1 Å². The van der Waals surface area contributed by atoms with E-state index in [9.17, 15) is 0 Å². The number of anilines is 1. The number of para-hydroxylation sites is 3. The van der Waals surface area contributed by atoms with Gasteiger partial charge in [-0.25, -0.2) is 0 Å². The van der Waals surface area contributed by atoms with Crippen molar-refractivity contribution in [1.29, 1.82) is 0 Å². The minimum Gasteiger partial charge on any atom is -0.455 e. The van der Waals surface area contributed by atoms with Crippen LogP contribution in [0.1, 0.15) is 104 Å². The lowest BCUT2D eigenvalue weighted by Gasteiger charge is -2.27. The van der Waals surface area contributed by atoms with Gasteiger partial charge < -0.3 is 9.64 Å². The minimum absolute atomic E-state index is 0.909. The van der Waals surface area contributed by atoms with E-state index in [4.69, 9.17) is 4.74 Å². The average molecular weight is 438 g/mol. The Morgan fingerprint density at radius 3 is 1.56 bits per heavy atom. The standard InChI is InChI=1S/C30H47NO/c1-3-5-7-9-11-13-20-26-31(27-21-14-12-10-8-6-4-2)29-24-18-19-25-30(29)32-28-22-16-15-17-23-28/h15-19,22-25H,3-14,20-21,26-27H2,1-2H3. The van der Waals surface area contributed by atoms with Crippen molar-refractivity contribution < 1.29 is 4.74 Å². The second-order valence-corrected chi connectivity index (χ2v) is 9.11. The van der Waals surface area contributed by atoms with Gasteiger partial charge in [-0.2, -0.15) is 0 Å². The van der Waals surface area contributed by atoms with Crippen molar-refractivity contribution in [2.45, 2.75) is 104 Å². The fourth-order valence-corrected chi connectivity index (χ4v) is 4.29. The number of hydrogen-bond donors (Lipinski definition) is 0. The molecule has 0 aromatic heterocycles. The van der Waals surface area contributed by atoms with E-state index in [2.05, 4.69) is 43.0 Å². The molecule has 178 valence electrons. The lowest BCUT2D eigenvalue weighted by molar-refractivity contribution is 0.479. The molecule has 2 nitrogen and oxygen atoms in total. The summed E-state index contributed by atoms with van der Waals surface area (Å²) in [4.78, 5) is 2.58. The molecule has 2 aromatic rings. The van der Waals surface area contributed by atoms with Crippen molar-refractivity contribution in [3.05, 3.63) is 54.6 Å². The third kappa shape index (κ3) is 11.1. The first-order valence-electron chi connectivity index (χ1n) is 13.4. The molecule has 2 aromatic carbocycles. The molecular weight excluding hydrogens is 390 g/mol. The van der Waals surface area contributed by atoms with E-state index in [0.717, 1.165) is 24.6 Å². The summed E-state index contributed by atoms with van der Waals surface area (Å²) < 4.78 is 6.29. The van der Waals surface area contributed by atoms with Crippen LogP contribution in [0.25, 0.3) is 0 Å². The normalized spacial score (nSPS) is 10.9. The Labute approximate surface area is 198 Å². The van der Waals surface area contributed by atoms with Crippen LogP contribution >= 0.6 is 0 Å². The van der Waals surface area contributed by atoms with Crippen molar-refractivity contribution >= 4 is 5.69 Å². The van der Waals surface area contributed by atoms with Crippen molar-refractivity contribution in [3.8, 4) is 11.5 Å². The van der Waals surface area contributed by atoms with Crippen molar-refractivity contribution in [2.24, 2.45) is 0 Å². The molecule has 0 amide bonds. The summed E-state index contributed by atoms with van der Waals surface area (Å²) in [7, 11) is 0. The highest BCUT2D eigenvalue weighted by atomic mass is 16.5. The second kappa shape index (κ2) is 17.6. The summed E-state index contributed by atoms with van der Waals surface area (Å²) in [5, 5.41) is 0. The lowest BCUT2D eigenvalue weighted by atomic mass is 10.1. The maximum Gasteiger partial charge on any atom is 0.150 e. The zero-order valence-electron chi connectivity index (χ0n) is 20.9. The van der Waals surface area contributed by atoms with Crippen LogP contribution in [0.3, 0.4) is 0 Å². The lowest BCUT2D eigenvalue weighted by Crippen LogP contribution is -2.26. The van der Waals surface area contributed by atoms with Crippen LogP contribution in [0.5, 0.6) is 11.5 Å². The predicted molar refractivity (Wildman–Crippen MR) is 141 cm³/mol. The molecule has 32 heavy (non-hydrogen) atoms. The molecule has 2 heteroatoms. The number of nitrogens with zero attached hydrogens (tertiary/aromatic N) is 1. The van der Waals surface area contributed by atoms with Gasteiger partial charge in [0.1, 0.15) is 5.75 Å². The molecule has 0 atom stereocenters. The fourth-order valence-electron chi connectivity index (χ4n) is 4.29. The van der Waals surface area contributed by atoms with E-state index >= 15 is 0 Å². The van der Waals surface area contributed by atoms with Crippen LogP contribution < -0.4 is 9.64 Å². The van der Waals surface area contributed by atoms with Crippen LogP contribution in [0, 0.1) is 0 Å². The van der Waals surface area contributed by atoms with E-state index < -0.39 is 0 Å². The first-order valence-corrected chi connectivity index (χ1v) is 13.4. The summed E-state index contributed by atoms with van der Waals surface area (Å²) in [6, 6.07) is 18.8. The smallest absolute Gasteiger partial charge is 0.150 e. The number of rotatable bonds is 19. The monoisotopic (exact) mass is 437 g/mol. The van der Waals surface area contributed by atoms with Gasteiger partial charge in [0.15, 0.2) is 5.75 Å². The Balaban J connectivity index is 1.92. The van der Waals surface area contributed by atoms with Crippen LogP contribution in [-0.2, 0) is 0 Å². The van der Waals surface area contributed by atoms with Crippen LogP contribution in [-0.4, -0.2) is 13.1 Å². The third-order valence-electron chi connectivity index (χ3n) is 6.24. The average Bonchev–Trinajstić information content (AvgIpc) is 2.83. The predicted octanol–water partition coefficient (Wildman–Crippen LogP) is 9.79. The molecule has 0 unspecified atom stereocenters. The van der Waals surface area contributed by atoms with E-state index in [1.165, 1.54) is 95.6 Å². The molecule has 0 spiro atoms. The van der Waals surface area contributed by atoms with Gasteiger partial charge in [-0.3, -0.25) is 0 Å². The molecule has 0 aliphatic carbocycles. The first-order chi connectivity index (χ1) is 15.8. The highest BCUT2D eigenvalue weighted by Gasteiger charge is 2.12. The Bertz CT molecular complexity index is 666. The molecular formula is C30H47NO. The van der Waals surface area contributed by atoms with Gasteiger partial charge in [0, 0.05) is 13.1 Å². The number of ether oxygens (including phenoxy) is 1. The van der Waals surface area contributed by atoms with Gasteiger partial charge in [0.05, 0.1) is 5.69 Å². The maximum absolute atomic E-state index is 6.29. The van der Waals surface area contributed by atoms with Crippen LogP contribution in [0.15, 0.2) is 54.6 Å². The summed E-state index contributed by atoms with van der Waals surface area (Å²) in [6.07, 6.45) is 18.9. The number of benzene rings is 2. The van der Waals surface area contributed by atoms with Crippen LogP contribution in [0.2, 0.25) is 0 Å². The van der Waals surface area contributed by atoms with E-state index in [-0.39, 0.29) is 0 Å². The molecule has 0 bridgehead atoms. The zero-order chi connectivity index (χ0) is 22.7. The van der Waals surface area contributed by atoms with Crippen molar-refractivity contribution in [2.75, 3.05) is 18.0 Å². The Hall–Kier alpha value is -1.96. The SMILES string of the molecule is CCCCCCCCCN(CCCCCCCCC)c1ccccc1Oc1ccccc1. The molecule has 0 fully saturated rings. The molecule has 0 saturated carbocycles. The molecule has 0 saturated heterocycles. The molecule has 0 radical (unpaired) electrons. The van der Waals surface area contributed by atoms with Gasteiger partial charge in [-0.15, -0.1) is 0 Å². The fraction of sp³-hybridized carbons (Fsp3) is 0.600. The zero-order valence-corrected chi connectivity index (χ0v) is 20.9. The highest BCUT2D eigenvalue weighted by Crippen LogP contribution is 2.32. The first kappa shape index (κ1) is 26.3. The van der Waals surface area contributed by atoms with E-state index in [0.29, 0.717) is 0 Å². The topological polar surface area (TPSA) is 12.5 Å².